The minimum absolute atomic E-state index is 0.0109. The molecule has 2 N–H and O–H groups in total. The molecule has 0 fully saturated rings. The Morgan fingerprint density at radius 1 is 1.33 bits per heavy atom. The Bertz CT molecular complexity index is 633. The number of carbonyl (C=O) groups is 1. The van der Waals surface area contributed by atoms with Crippen molar-refractivity contribution in [1.29, 1.82) is 0 Å². The van der Waals surface area contributed by atoms with Crippen molar-refractivity contribution in [2.45, 2.75) is 33.9 Å². The van der Waals surface area contributed by atoms with Gasteiger partial charge in [-0.2, -0.15) is 5.10 Å². The van der Waals surface area contributed by atoms with Gasteiger partial charge >= 0.3 is 0 Å². The van der Waals surface area contributed by atoms with Crippen LogP contribution in [0, 0.1) is 6.92 Å². The first kappa shape index (κ1) is 15.1. The van der Waals surface area contributed by atoms with E-state index in [4.69, 9.17) is 5.73 Å². The van der Waals surface area contributed by atoms with E-state index in [-0.39, 0.29) is 5.91 Å². The fraction of sp³-hybridized carbons (Fsp3) is 0.375. The quantitative estimate of drug-likeness (QED) is 0.859. The molecular weight excluding hydrogens is 264 g/mol. The summed E-state index contributed by atoms with van der Waals surface area (Å²) < 4.78 is 1.74. The topological polar surface area (TPSA) is 64.2 Å². The minimum Gasteiger partial charge on any atom is -0.398 e. The zero-order valence-corrected chi connectivity index (χ0v) is 12.8. The van der Waals surface area contributed by atoms with Gasteiger partial charge in [0.05, 0.1) is 5.69 Å². The minimum atomic E-state index is -0.0109. The Labute approximate surface area is 125 Å². The second kappa shape index (κ2) is 6.43. The largest absolute Gasteiger partial charge is 0.398 e. The first-order chi connectivity index (χ1) is 10.1. The highest BCUT2D eigenvalue weighted by Crippen LogP contribution is 2.16. The van der Waals surface area contributed by atoms with E-state index in [0.717, 1.165) is 11.3 Å². The molecule has 0 saturated heterocycles. The molecule has 1 aromatic heterocycles. The van der Waals surface area contributed by atoms with E-state index in [9.17, 15) is 4.79 Å². The number of anilines is 1. The number of amides is 1. The van der Waals surface area contributed by atoms with Crippen molar-refractivity contribution >= 4 is 11.6 Å². The summed E-state index contributed by atoms with van der Waals surface area (Å²) in [4.78, 5) is 14.5. The van der Waals surface area contributed by atoms with Gasteiger partial charge in [0.1, 0.15) is 5.69 Å². The maximum absolute atomic E-state index is 12.7. The molecule has 0 spiro atoms. The summed E-state index contributed by atoms with van der Waals surface area (Å²) in [5.41, 5.74) is 9.13. The lowest BCUT2D eigenvalue weighted by Gasteiger charge is -2.22. The van der Waals surface area contributed by atoms with Crippen LogP contribution in [0.2, 0.25) is 0 Å². The van der Waals surface area contributed by atoms with E-state index in [1.54, 1.807) is 9.58 Å². The zero-order chi connectivity index (χ0) is 15.4. The monoisotopic (exact) mass is 286 g/mol. The zero-order valence-electron chi connectivity index (χ0n) is 12.8. The number of hydrogen-bond acceptors (Lipinski definition) is 3. The predicted octanol–water partition coefficient (Wildman–Crippen LogP) is 2.46. The summed E-state index contributed by atoms with van der Waals surface area (Å²) in [5.74, 6) is -0.0109. The second-order valence-electron chi connectivity index (χ2n) is 5.00. The molecule has 112 valence electrons. The number of carbonyl (C=O) groups excluding carboxylic acids is 1. The van der Waals surface area contributed by atoms with E-state index in [1.807, 2.05) is 51.1 Å². The van der Waals surface area contributed by atoms with Crippen LogP contribution in [-0.2, 0) is 13.1 Å². The van der Waals surface area contributed by atoms with E-state index in [0.29, 0.717) is 31.0 Å². The maximum atomic E-state index is 12.7. The number of rotatable bonds is 5. The van der Waals surface area contributed by atoms with Gasteiger partial charge < -0.3 is 10.6 Å². The van der Waals surface area contributed by atoms with Crippen LogP contribution in [0.4, 0.5) is 5.69 Å². The molecule has 5 heteroatoms. The molecule has 0 radical (unpaired) electrons. The molecule has 0 saturated carbocycles. The standard InChI is InChI=1S/C16H22N4O/c1-4-19(11-13-8-6-7-9-14(13)17)16(21)15-10-12(3)18-20(15)5-2/h6-10H,4-5,11,17H2,1-3H3. The van der Waals surface area contributed by atoms with Gasteiger partial charge in [0.15, 0.2) is 0 Å². The van der Waals surface area contributed by atoms with Crippen LogP contribution in [0.25, 0.3) is 0 Å². The Balaban J connectivity index is 2.25. The average molecular weight is 286 g/mol. The van der Waals surface area contributed by atoms with Gasteiger partial charge in [-0.15, -0.1) is 0 Å². The first-order valence-electron chi connectivity index (χ1n) is 7.23. The van der Waals surface area contributed by atoms with Crippen molar-refractivity contribution in [3.05, 3.63) is 47.3 Å². The van der Waals surface area contributed by atoms with E-state index < -0.39 is 0 Å². The van der Waals surface area contributed by atoms with E-state index in [2.05, 4.69) is 5.10 Å². The highest BCUT2D eigenvalue weighted by Gasteiger charge is 2.19. The molecule has 0 aliphatic carbocycles. The molecule has 1 heterocycles. The van der Waals surface area contributed by atoms with Crippen LogP contribution in [0.3, 0.4) is 0 Å². The summed E-state index contributed by atoms with van der Waals surface area (Å²) in [7, 11) is 0. The van der Waals surface area contributed by atoms with Gasteiger partial charge in [0, 0.05) is 25.3 Å². The van der Waals surface area contributed by atoms with Crippen molar-refractivity contribution < 1.29 is 4.79 Å². The molecule has 5 nitrogen and oxygen atoms in total. The lowest BCUT2D eigenvalue weighted by molar-refractivity contribution is 0.0740. The van der Waals surface area contributed by atoms with Gasteiger partial charge in [0.25, 0.3) is 5.91 Å². The summed E-state index contributed by atoms with van der Waals surface area (Å²) >= 11 is 0. The van der Waals surface area contributed by atoms with Crippen molar-refractivity contribution in [3.63, 3.8) is 0 Å². The number of nitrogens with zero attached hydrogens (tertiary/aromatic N) is 3. The number of aromatic nitrogens is 2. The molecular formula is C16H22N4O. The van der Waals surface area contributed by atoms with Crippen molar-refractivity contribution in [2.75, 3.05) is 12.3 Å². The fourth-order valence-electron chi connectivity index (χ4n) is 2.33. The molecule has 1 amide bonds. The summed E-state index contributed by atoms with van der Waals surface area (Å²) in [6.07, 6.45) is 0. The third-order valence-corrected chi connectivity index (χ3v) is 3.51. The Hall–Kier alpha value is -2.30. The molecule has 0 unspecified atom stereocenters. The second-order valence-corrected chi connectivity index (χ2v) is 5.00. The predicted molar refractivity (Wildman–Crippen MR) is 83.9 cm³/mol. The average Bonchev–Trinajstić information content (AvgIpc) is 2.87. The fourth-order valence-corrected chi connectivity index (χ4v) is 2.33. The maximum Gasteiger partial charge on any atom is 0.272 e. The lowest BCUT2D eigenvalue weighted by Crippen LogP contribution is -2.32. The summed E-state index contributed by atoms with van der Waals surface area (Å²) in [6.45, 7) is 7.66. The summed E-state index contributed by atoms with van der Waals surface area (Å²) in [5, 5.41) is 4.34. The number of benzene rings is 1. The normalized spacial score (nSPS) is 10.6. The Kier molecular flexibility index (Phi) is 4.62. The first-order valence-corrected chi connectivity index (χ1v) is 7.23. The van der Waals surface area contributed by atoms with Crippen molar-refractivity contribution in [2.24, 2.45) is 0 Å². The molecule has 0 aliphatic rings. The van der Waals surface area contributed by atoms with Gasteiger partial charge in [0.2, 0.25) is 0 Å². The van der Waals surface area contributed by atoms with E-state index in [1.165, 1.54) is 0 Å². The van der Waals surface area contributed by atoms with Crippen LogP contribution in [0.15, 0.2) is 30.3 Å². The number of hydrogen-bond donors (Lipinski definition) is 1. The number of para-hydroxylation sites is 1. The Morgan fingerprint density at radius 3 is 2.67 bits per heavy atom. The molecule has 0 aliphatic heterocycles. The molecule has 2 rings (SSSR count). The Morgan fingerprint density at radius 2 is 2.05 bits per heavy atom. The smallest absolute Gasteiger partial charge is 0.272 e. The van der Waals surface area contributed by atoms with Gasteiger partial charge in [-0.05, 0) is 38.5 Å². The van der Waals surface area contributed by atoms with Gasteiger partial charge in [-0.1, -0.05) is 18.2 Å². The lowest BCUT2D eigenvalue weighted by atomic mass is 10.1. The summed E-state index contributed by atoms with van der Waals surface area (Å²) in [6, 6.07) is 9.47. The van der Waals surface area contributed by atoms with E-state index >= 15 is 0 Å². The third kappa shape index (κ3) is 3.24. The molecule has 21 heavy (non-hydrogen) atoms. The molecule has 0 atom stereocenters. The van der Waals surface area contributed by atoms with Crippen LogP contribution in [0.1, 0.15) is 35.6 Å². The van der Waals surface area contributed by atoms with Crippen molar-refractivity contribution in [3.8, 4) is 0 Å². The van der Waals surface area contributed by atoms with Gasteiger partial charge in [-0.3, -0.25) is 9.48 Å². The number of aryl methyl sites for hydroxylation is 2. The van der Waals surface area contributed by atoms with Crippen molar-refractivity contribution in [1.82, 2.24) is 14.7 Å². The molecule has 1 aromatic carbocycles. The highest BCUT2D eigenvalue weighted by atomic mass is 16.2. The van der Waals surface area contributed by atoms with Crippen LogP contribution in [-0.4, -0.2) is 27.1 Å². The molecule has 0 bridgehead atoms. The number of nitrogen functional groups attached to an aromatic ring is 1. The van der Waals surface area contributed by atoms with Crippen LogP contribution in [0.5, 0.6) is 0 Å². The van der Waals surface area contributed by atoms with Gasteiger partial charge in [-0.25, -0.2) is 0 Å². The third-order valence-electron chi connectivity index (χ3n) is 3.51. The SMILES string of the molecule is CCN(Cc1ccccc1N)C(=O)c1cc(C)nn1CC. The highest BCUT2D eigenvalue weighted by molar-refractivity contribution is 5.92. The van der Waals surface area contributed by atoms with Crippen LogP contribution < -0.4 is 5.73 Å². The number of nitrogens with two attached hydrogens (primary N) is 1. The molecule has 2 aromatic rings. The van der Waals surface area contributed by atoms with Crippen LogP contribution >= 0.6 is 0 Å².